The smallest absolute Gasteiger partial charge is 0.222 e. The second-order valence-electron chi connectivity index (χ2n) is 2.53. The third-order valence-corrected chi connectivity index (χ3v) is 1.93. The van der Waals surface area contributed by atoms with E-state index in [-0.39, 0.29) is 0 Å². The molecule has 2 heteroatoms. The van der Waals surface area contributed by atoms with Crippen molar-refractivity contribution in [2.75, 3.05) is 13.2 Å². The molecule has 0 aromatic rings. The maximum Gasteiger partial charge on any atom is 0.222 e. The van der Waals surface area contributed by atoms with E-state index in [1.165, 1.54) is 30.2 Å². The molecule has 10 heavy (non-hydrogen) atoms. The molecule has 0 N–H and O–H groups in total. The van der Waals surface area contributed by atoms with E-state index in [4.69, 9.17) is 4.74 Å². The van der Waals surface area contributed by atoms with Gasteiger partial charge in [-0.25, -0.2) is 0 Å². The van der Waals surface area contributed by atoms with Crippen molar-refractivity contribution in [3.05, 3.63) is 0 Å². The molecule has 0 aliphatic heterocycles. The van der Waals surface area contributed by atoms with Gasteiger partial charge in [-0.05, 0) is 12.8 Å². The molecule has 0 aromatic carbocycles. The Bertz CT molecular complexity index is 49.2. The second kappa shape index (κ2) is 9.73. The summed E-state index contributed by atoms with van der Waals surface area (Å²) in [5.41, 5.74) is 0. The van der Waals surface area contributed by atoms with E-state index in [2.05, 4.69) is 6.92 Å². The molecule has 0 bridgehead atoms. The average Bonchev–Trinajstić information content (AvgIpc) is 1.97. The van der Waals surface area contributed by atoms with Crippen LogP contribution in [0.4, 0.5) is 0 Å². The van der Waals surface area contributed by atoms with Crippen molar-refractivity contribution in [1.29, 1.82) is 0 Å². The van der Waals surface area contributed by atoms with Crippen molar-refractivity contribution in [3.8, 4) is 0 Å². The van der Waals surface area contributed by atoms with Gasteiger partial charge in [0.15, 0.2) is 0 Å². The molecule has 0 aliphatic rings. The molecule has 0 spiro atoms. The van der Waals surface area contributed by atoms with E-state index in [1.807, 2.05) is 21.7 Å². The van der Waals surface area contributed by atoms with Crippen molar-refractivity contribution in [2.45, 2.75) is 37.2 Å². The molecule has 57 valence electrons. The van der Waals surface area contributed by atoms with Crippen LogP contribution in [0.3, 0.4) is 0 Å². The molecule has 0 aromatic heterocycles. The molecule has 0 rings (SSSR count). The molecule has 0 saturated carbocycles. The van der Waals surface area contributed by atoms with Gasteiger partial charge < -0.3 is 4.74 Å². The number of hydrogen-bond acceptors (Lipinski definition) is 1. The lowest BCUT2D eigenvalue weighted by Crippen LogP contribution is -1.95. The monoisotopic (exact) mass is 153 g/mol. The molecule has 1 radical (unpaired) electrons. The van der Waals surface area contributed by atoms with E-state index in [1.54, 1.807) is 0 Å². The van der Waals surface area contributed by atoms with Crippen LogP contribution in [0.25, 0.3) is 0 Å². The standard InChI is InChI=1S/C8H17O.Mg/c1-3-5-7-9-8-6-4-2;/h1,3-8H2,2H3;. The number of unbranched alkanes of at least 4 members (excludes halogenated alkanes) is 2. The van der Waals surface area contributed by atoms with Crippen LogP contribution in [0.15, 0.2) is 0 Å². The Kier molecular flexibility index (Phi) is 10.4. The zero-order valence-electron chi connectivity index (χ0n) is 7.07. The molecule has 1 nitrogen and oxygen atoms in total. The van der Waals surface area contributed by atoms with Crippen molar-refractivity contribution >= 4 is 21.7 Å². The summed E-state index contributed by atoms with van der Waals surface area (Å²) < 4.78 is 6.70. The normalized spacial score (nSPS) is 10.0. The number of rotatable bonds is 7. The van der Waals surface area contributed by atoms with Crippen LogP contribution < -0.4 is 0 Å². The van der Waals surface area contributed by atoms with Crippen LogP contribution in [0.5, 0.6) is 0 Å². The van der Waals surface area contributed by atoms with Gasteiger partial charge >= 0.3 is 0 Å². The van der Waals surface area contributed by atoms with Crippen LogP contribution in [-0.2, 0) is 4.74 Å². The first-order valence-electron chi connectivity index (χ1n) is 4.28. The van der Waals surface area contributed by atoms with Crippen molar-refractivity contribution < 1.29 is 4.74 Å². The molecular weight excluding hydrogens is 136 g/mol. The van der Waals surface area contributed by atoms with Gasteiger partial charge in [-0.3, -0.25) is 0 Å². The van der Waals surface area contributed by atoms with Gasteiger partial charge in [0.05, 0.1) is 0 Å². The zero-order chi connectivity index (χ0) is 7.66. The fourth-order valence-corrected chi connectivity index (χ4v) is 1.08. The van der Waals surface area contributed by atoms with Crippen molar-refractivity contribution in [1.82, 2.24) is 0 Å². The highest BCUT2D eigenvalue weighted by atomic mass is 24.4. The molecular formula is C8H17MgO. The first-order chi connectivity index (χ1) is 4.91. The summed E-state index contributed by atoms with van der Waals surface area (Å²) in [4.78, 5) is 0. The van der Waals surface area contributed by atoms with E-state index >= 15 is 0 Å². The molecule has 0 unspecified atom stereocenters. The third kappa shape index (κ3) is 8.73. The predicted octanol–water partition coefficient (Wildman–Crippen LogP) is 2.17. The van der Waals surface area contributed by atoms with Crippen molar-refractivity contribution in [2.24, 2.45) is 0 Å². The maximum atomic E-state index is 5.38. The molecule has 0 fully saturated rings. The minimum atomic E-state index is 0.961. The highest BCUT2D eigenvalue weighted by Crippen LogP contribution is 1.94. The summed E-state index contributed by atoms with van der Waals surface area (Å²) >= 11 is 2.04. The van der Waals surface area contributed by atoms with Gasteiger partial charge in [-0.15, -0.1) is 0 Å². The second-order valence-corrected chi connectivity index (χ2v) is 3.23. The van der Waals surface area contributed by atoms with Gasteiger partial charge in [0.2, 0.25) is 21.7 Å². The third-order valence-electron chi connectivity index (χ3n) is 1.43. The Morgan fingerprint density at radius 3 is 2.40 bits per heavy atom. The van der Waals surface area contributed by atoms with Crippen LogP contribution in [0.1, 0.15) is 32.6 Å². The average molecular weight is 154 g/mol. The Morgan fingerprint density at radius 2 is 1.80 bits per heavy atom. The van der Waals surface area contributed by atoms with E-state index in [0.717, 1.165) is 13.2 Å². The van der Waals surface area contributed by atoms with Crippen LogP contribution in [0, 0.1) is 0 Å². The summed E-state index contributed by atoms with van der Waals surface area (Å²) in [5, 5.41) is 0. The predicted molar refractivity (Wildman–Crippen MR) is 45.5 cm³/mol. The Hall–Kier alpha value is 0.726. The largest absolute Gasteiger partial charge is 0.381 e. The zero-order valence-corrected chi connectivity index (χ0v) is 8.48. The summed E-state index contributed by atoms with van der Waals surface area (Å²) in [7, 11) is 0. The van der Waals surface area contributed by atoms with E-state index < -0.39 is 0 Å². The van der Waals surface area contributed by atoms with Gasteiger partial charge in [0.1, 0.15) is 0 Å². The molecule has 0 saturated heterocycles. The first-order valence-corrected chi connectivity index (χ1v) is 5.28. The lowest BCUT2D eigenvalue weighted by atomic mass is 10.3. The molecule has 0 amide bonds. The van der Waals surface area contributed by atoms with Crippen LogP contribution in [0.2, 0.25) is 4.55 Å². The van der Waals surface area contributed by atoms with Gasteiger partial charge in [-0.2, -0.15) is 4.55 Å². The quantitative estimate of drug-likeness (QED) is 0.402. The topological polar surface area (TPSA) is 9.23 Å². The number of ether oxygens (including phenoxy) is 1. The lowest BCUT2D eigenvalue weighted by Gasteiger charge is -2.01. The SMILES string of the molecule is CCCCOCCC[CH2][Mg]. The van der Waals surface area contributed by atoms with Gasteiger partial charge in [-0.1, -0.05) is 19.8 Å². The van der Waals surface area contributed by atoms with E-state index in [9.17, 15) is 0 Å². The Morgan fingerprint density at radius 1 is 1.10 bits per heavy atom. The summed E-state index contributed by atoms with van der Waals surface area (Å²) in [6.45, 7) is 4.12. The van der Waals surface area contributed by atoms with E-state index in [0.29, 0.717) is 0 Å². The van der Waals surface area contributed by atoms with Gasteiger partial charge in [0.25, 0.3) is 0 Å². The van der Waals surface area contributed by atoms with Gasteiger partial charge in [0, 0.05) is 13.2 Å². The number of hydrogen-bond donors (Lipinski definition) is 0. The fourth-order valence-electron chi connectivity index (χ4n) is 0.729. The molecule has 0 atom stereocenters. The Balaban J connectivity index is 2.65. The summed E-state index contributed by atoms with van der Waals surface area (Å²) in [5.74, 6) is 0. The molecule has 0 heterocycles. The fraction of sp³-hybridized carbons (Fsp3) is 1.00. The van der Waals surface area contributed by atoms with Crippen LogP contribution >= 0.6 is 0 Å². The lowest BCUT2D eigenvalue weighted by molar-refractivity contribution is 0.128. The van der Waals surface area contributed by atoms with Crippen LogP contribution in [-0.4, -0.2) is 34.9 Å². The molecule has 0 aliphatic carbocycles. The first kappa shape index (κ1) is 10.7. The summed E-state index contributed by atoms with van der Waals surface area (Å²) in [6, 6.07) is 0. The minimum Gasteiger partial charge on any atom is -0.381 e. The Labute approximate surface area is 77.0 Å². The highest BCUT2D eigenvalue weighted by Gasteiger charge is 1.86. The van der Waals surface area contributed by atoms with Crippen molar-refractivity contribution in [3.63, 3.8) is 0 Å². The maximum absolute atomic E-state index is 5.38. The minimum absolute atomic E-state index is 0.961. The highest BCUT2D eigenvalue weighted by molar-refractivity contribution is 6.08. The summed E-state index contributed by atoms with van der Waals surface area (Å²) in [6.07, 6.45) is 5.03.